The van der Waals surface area contributed by atoms with Crippen LogP contribution in [0, 0.1) is 13.0 Å². The van der Waals surface area contributed by atoms with E-state index < -0.39 is 11.7 Å². The maximum absolute atomic E-state index is 12.6. The smallest absolute Gasteiger partial charge is 0.435 e. The summed E-state index contributed by atoms with van der Waals surface area (Å²) in [6.45, 7) is 9.86. The fourth-order valence-corrected chi connectivity index (χ4v) is 5.10. The first-order valence-electron chi connectivity index (χ1n) is 11.5. The van der Waals surface area contributed by atoms with Crippen LogP contribution >= 0.6 is 11.3 Å². The molecule has 0 atom stereocenters. The second-order valence-electron chi connectivity index (χ2n) is 9.39. The predicted octanol–water partition coefficient (Wildman–Crippen LogP) is 7.79. The van der Waals surface area contributed by atoms with Gasteiger partial charge < -0.3 is 4.74 Å². The largest absolute Gasteiger partial charge is 0.442 e. The first kappa shape index (κ1) is 23.7. The summed E-state index contributed by atoms with van der Waals surface area (Å²) in [6, 6.07) is 15.9. The van der Waals surface area contributed by atoms with Crippen molar-refractivity contribution in [2.24, 2.45) is 0 Å². The number of aryl methyl sites for hydroxylation is 2. The molecular weight excluding hydrogens is 442 g/mol. The van der Waals surface area contributed by atoms with E-state index in [0.29, 0.717) is 0 Å². The van der Waals surface area contributed by atoms with Gasteiger partial charge in [-0.3, -0.25) is 0 Å². The van der Waals surface area contributed by atoms with Crippen molar-refractivity contribution in [3.8, 4) is 27.6 Å². The molecular formula is C28H30N3O2S+. The molecule has 34 heavy (non-hydrogen) atoms. The van der Waals surface area contributed by atoms with E-state index in [1.54, 1.807) is 24.6 Å². The van der Waals surface area contributed by atoms with Crippen LogP contribution in [-0.4, -0.2) is 28.5 Å². The first-order valence-corrected chi connectivity index (χ1v) is 12.4. The minimum absolute atomic E-state index is 0.480. The van der Waals surface area contributed by atoms with E-state index in [0.717, 1.165) is 46.0 Å². The van der Waals surface area contributed by atoms with Crippen LogP contribution in [0.2, 0.25) is 0 Å². The SMILES string of the molecule is CCCc1cc(C#[N+]C)c(-c2sccc2C)c(-c2ccc3c(cnn3C(=O)OC(C)(C)C)c2)c1. The Morgan fingerprint density at radius 1 is 1.21 bits per heavy atom. The molecule has 0 N–H and O–H groups in total. The Hall–Kier alpha value is -3.43. The van der Waals surface area contributed by atoms with Crippen LogP contribution in [0.1, 0.15) is 50.8 Å². The van der Waals surface area contributed by atoms with Gasteiger partial charge in [0.25, 0.3) is 7.05 Å². The minimum atomic E-state index is -0.587. The zero-order chi connectivity index (χ0) is 24.5. The van der Waals surface area contributed by atoms with Crippen molar-refractivity contribution >= 4 is 28.3 Å². The number of hydrogen-bond acceptors (Lipinski definition) is 4. The normalized spacial score (nSPS) is 11.4. The summed E-state index contributed by atoms with van der Waals surface area (Å²) >= 11 is 1.73. The standard InChI is InChI=1S/C28H30N3O2S/c1-7-8-19-13-22(16-29-6)25(26-18(2)11-12-34-26)23(14-19)20-9-10-24-21(15-20)17-30-31(24)27(32)33-28(3,4)5/h9-15,17H,7-8H2,1-6H3/q+1. The highest BCUT2D eigenvalue weighted by molar-refractivity contribution is 7.13. The van der Waals surface area contributed by atoms with E-state index >= 15 is 0 Å². The maximum atomic E-state index is 12.6. The Balaban J connectivity index is 1.91. The Morgan fingerprint density at radius 2 is 2.00 bits per heavy atom. The second-order valence-corrected chi connectivity index (χ2v) is 10.3. The van der Waals surface area contributed by atoms with E-state index in [-0.39, 0.29) is 0 Å². The average Bonchev–Trinajstić information content (AvgIpc) is 3.38. The van der Waals surface area contributed by atoms with Gasteiger partial charge >= 0.3 is 12.2 Å². The number of aromatic nitrogens is 2. The lowest BCUT2D eigenvalue weighted by atomic mass is 9.90. The number of fused-ring (bicyclic) bond motifs is 1. The molecule has 2 heterocycles. The van der Waals surface area contributed by atoms with Crippen LogP contribution < -0.4 is 0 Å². The Bertz CT molecular complexity index is 1430. The molecule has 174 valence electrons. The third-order valence-corrected chi connectivity index (χ3v) is 6.54. The zero-order valence-corrected chi connectivity index (χ0v) is 21.4. The fourth-order valence-electron chi connectivity index (χ4n) is 4.10. The number of benzene rings is 2. The second kappa shape index (κ2) is 9.44. The van der Waals surface area contributed by atoms with E-state index in [9.17, 15) is 4.79 Å². The van der Waals surface area contributed by atoms with Crippen molar-refractivity contribution in [3.63, 3.8) is 0 Å². The molecule has 0 amide bonds. The fraction of sp³-hybridized carbons (Fsp3) is 0.321. The topological polar surface area (TPSA) is 48.5 Å². The van der Waals surface area contributed by atoms with Crippen LogP contribution in [0.25, 0.3) is 37.3 Å². The molecule has 0 spiro atoms. The maximum Gasteiger partial charge on any atom is 0.435 e. The molecule has 0 saturated carbocycles. The number of carbonyl (C=O) groups excluding carboxylic acids is 1. The van der Waals surface area contributed by atoms with Crippen molar-refractivity contribution in [1.82, 2.24) is 9.78 Å². The molecule has 0 radical (unpaired) electrons. The first-order chi connectivity index (χ1) is 16.2. The van der Waals surface area contributed by atoms with Crippen LogP contribution in [0.15, 0.2) is 48.0 Å². The quantitative estimate of drug-likeness (QED) is 0.305. The average molecular weight is 473 g/mol. The molecule has 0 bridgehead atoms. The van der Waals surface area contributed by atoms with Crippen molar-refractivity contribution < 1.29 is 9.53 Å². The summed E-state index contributed by atoms with van der Waals surface area (Å²) in [5, 5.41) is 7.31. The molecule has 4 rings (SSSR count). The summed E-state index contributed by atoms with van der Waals surface area (Å²) in [7, 11) is 1.76. The van der Waals surface area contributed by atoms with E-state index in [1.165, 1.54) is 20.7 Å². The third kappa shape index (κ3) is 4.76. The van der Waals surface area contributed by atoms with Crippen LogP contribution in [0.4, 0.5) is 4.79 Å². The molecule has 2 aromatic heterocycles. The van der Waals surface area contributed by atoms with Gasteiger partial charge in [-0.25, -0.2) is 4.79 Å². The van der Waals surface area contributed by atoms with Gasteiger partial charge in [-0.2, -0.15) is 9.78 Å². The molecule has 0 saturated heterocycles. The molecule has 5 nitrogen and oxygen atoms in total. The number of carbonyl (C=O) groups is 1. The van der Waals surface area contributed by atoms with E-state index in [1.807, 2.05) is 26.8 Å². The molecule has 0 unspecified atom stereocenters. The highest BCUT2D eigenvalue weighted by Crippen LogP contribution is 2.41. The van der Waals surface area contributed by atoms with Gasteiger partial charge in [0.1, 0.15) is 11.2 Å². The van der Waals surface area contributed by atoms with Crippen LogP contribution in [0.5, 0.6) is 0 Å². The lowest BCUT2D eigenvalue weighted by Gasteiger charge is -2.19. The highest BCUT2D eigenvalue weighted by Gasteiger charge is 2.22. The van der Waals surface area contributed by atoms with Crippen molar-refractivity contribution in [2.75, 3.05) is 7.05 Å². The van der Waals surface area contributed by atoms with Gasteiger partial charge in [0, 0.05) is 15.8 Å². The van der Waals surface area contributed by atoms with Gasteiger partial charge in [0.2, 0.25) is 0 Å². The Kier molecular flexibility index (Phi) is 6.58. The van der Waals surface area contributed by atoms with Gasteiger partial charge in [-0.1, -0.05) is 30.3 Å². The number of thiophene rings is 1. The Labute approximate surface area is 204 Å². The van der Waals surface area contributed by atoms with Gasteiger partial charge in [-0.05, 0) is 86.0 Å². The number of rotatable bonds is 4. The molecule has 0 fully saturated rings. The van der Waals surface area contributed by atoms with Gasteiger partial charge in [0.15, 0.2) is 0 Å². The number of nitrogens with zero attached hydrogens (tertiary/aromatic N) is 3. The molecule has 6 heteroatoms. The van der Waals surface area contributed by atoms with Gasteiger partial charge in [-0.15, -0.1) is 11.3 Å². The summed E-state index contributed by atoms with van der Waals surface area (Å²) < 4.78 is 6.84. The summed E-state index contributed by atoms with van der Waals surface area (Å²) in [5.41, 5.74) is 6.95. The lowest BCUT2D eigenvalue weighted by molar-refractivity contribution is 0.0522. The highest BCUT2D eigenvalue weighted by atomic mass is 32.1. The summed E-state index contributed by atoms with van der Waals surface area (Å²) in [4.78, 5) is 18.1. The van der Waals surface area contributed by atoms with Crippen molar-refractivity contribution in [3.05, 3.63) is 69.5 Å². The van der Waals surface area contributed by atoms with Crippen molar-refractivity contribution in [1.29, 1.82) is 0 Å². The summed E-state index contributed by atoms with van der Waals surface area (Å²) in [6.07, 6.45) is 3.27. The van der Waals surface area contributed by atoms with Crippen molar-refractivity contribution in [2.45, 2.75) is 53.1 Å². The van der Waals surface area contributed by atoms with Gasteiger partial charge in [0.05, 0.1) is 11.7 Å². The lowest BCUT2D eigenvalue weighted by Crippen LogP contribution is -2.27. The molecule has 4 aromatic rings. The minimum Gasteiger partial charge on any atom is -0.442 e. The molecule has 0 aliphatic heterocycles. The summed E-state index contributed by atoms with van der Waals surface area (Å²) in [5.74, 6) is 0. The van der Waals surface area contributed by atoms with E-state index in [4.69, 9.17) is 4.74 Å². The third-order valence-electron chi connectivity index (χ3n) is 5.50. The molecule has 2 aromatic carbocycles. The van der Waals surface area contributed by atoms with Crippen LogP contribution in [-0.2, 0) is 11.2 Å². The predicted molar refractivity (Wildman–Crippen MR) is 141 cm³/mol. The van der Waals surface area contributed by atoms with E-state index in [2.05, 4.69) is 65.6 Å². The van der Waals surface area contributed by atoms with Crippen LogP contribution in [0.3, 0.4) is 0 Å². The monoisotopic (exact) mass is 472 g/mol. The molecule has 0 aliphatic carbocycles. The Morgan fingerprint density at radius 3 is 2.65 bits per heavy atom. The number of ether oxygens (including phenoxy) is 1. The number of hydrogen-bond donors (Lipinski definition) is 0. The molecule has 0 aliphatic rings. The zero-order valence-electron chi connectivity index (χ0n) is 20.6.